The number of hydrogen-bond acceptors (Lipinski definition) is 1. The molecule has 122 valence electrons. The minimum Gasteiger partial charge on any atom is -0.256 e. The Morgan fingerprint density at radius 3 is 2.04 bits per heavy atom. The van der Waals surface area contributed by atoms with Gasteiger partial charge in [0.2, 0.25) is 0 Å². The van der Waals surface area contributed by atoms with E-state index >= 15 is 0 Å². The monoisotopic (exact) mass is 327 g/mol. The highest BCUT2D eigenvalue weighted by atomic mass is 19.4. The van der Waals surface area contributed by atoms with Crippen LogP contribution < -0.4 is 0 Å². The molecule has 0 aliphatic heterocycles. The molecule has 0 aliphatic rings. The minimum absolute atomic E-state index is 0.559. The van der Waals surface area contributed by atoms with E-state index in [0.717, 1.165) is 28.8 Å². The van der Waals surface area contributed by atoms with Crippen LogP contribution in [0.25, 0.3) is 22.4 Å². The molecule has 0 aliphatic carbocycles. The number of aromatic nitrogens is 1. The minimum atomic E-state index is -4.33. The van der Waals surface area contributed by atoms with Gasteiger partial charge in [-0.25, -0.2) is 0 Å². The first kappa shape index (κ1) is 16.2. The summed E-state index contributed by atoms with van der Waals surface area (Å²) in [6, 6.07) is 15.6. The van der Waals surface area contributed by atoms with Gasteiger partial charge < -0.3 is 0 Å². The molecule has 0 atom stereocenters. The van der Waals surface area contributed by atoms with E-state index in [-0.39, 0.29) is 0 Å². The Morgan fingerprint density at radius 1 is 0.792 bits per heavy atom. The first-order valence-corrected chi connectivity index (χ1v) is 7.56. The number of aryl methyl sites for hydroxylation is 2. The first-order chi connectivity index (χ1) is 11.4. The molecule has 24 heavy (non-hydrogen) atoms. The fraction of sp³-hybridized carbons (Fsp3) is 0.150. The second-order valence-corrected chi connectivity index (χ2v) is 5.78. The summed E-state index contributed by atoms with van der Waals surface area (Å²) in [5.41, 5.74) is 4.43. The number of hydrogen-bond donors (Lipinski definition) is 0. The largest absolute Gasteiger partial charge is 0.416 e. The molecule has 1 nitrogen and oxygen atoms in total. The molecule has 0 bridgehead atoms. The van der Waals surface area contributed by atoms with Crippen molar-refractivity contribution in [1.29, 1.82) is 0 Å². The van der Waals surface area contributed by atoms with Gasteiger partial charge in [-0.2, -0.15) is 13.2 Å². The maximum Gasteiger partial charge on any atom is 0.416 e. The van der Waals surface area contributed by atoms with E-state index in [2.05, 4.69) is 4.98 Å². The molecule has 1 heterocycles. The number of alkyl halides is 3. The topological polar surface area (TPSA) is 12.9 Å². The van der Waals surface area contributed by atoms with Gasteiger partial charge in [-0.05, 0) is 48.7 Å². The lowest BCUT2D eigenvalue weighted by molar-refractivity contribution is -0.137. The zero-order valence-corrected chi connectivity index (χ0v) is 13.4. The third-order valence-corrected chi connectivity index (χ3v) is 4.03. The fourth-order valence-electron chi connectivity index (χ4n) is 2.75. The summed E-state index contributed by atoms with van der Waals surface area (Å²) < 4.78 is 38.4. The lowest BCUT2D eigenvalue weighted by Gasteiger charge is -2.12. The van der Waals surface area contributed by atoms with Crippen molar-refractivity contribution in [3.63, 3.8) is 0 Å². The van der Waals surface area contributed by atoms with Crippen LogP contribution in [0.1, 0.15) is 16.7 Å². The van der Waals surface area contributed by atoms with Crippen molar-refractivity contribution in [2.75, 3.05) is 0 Å². The molecule has 0 amide bonds. The van der Waals surface area contributed by atoms with Gasteiger partial charge in [0.15, 0.2) is 0 Å². The van der Waals surface area contributed by atoms with Crippen LogP contribution >= 0.6 is 0 Å². The highest BCUT2D eigenvalue weighted by Gasteiger charge is 2.30. The average molecular weight is 327 g/mol. The van der Waals surface area contributed by atoms with Crippen LogP contribution in [0.4, 0.5) is 13.2 Å². The predicted octanol–water partition coefficient (Wildman–Crippen LogP) is 6.05. The summed E-state index contributed by atoms with van der Waals surface area (Å²) in [5, 5.41) is 0. The summed E-state index contributed by atoms with van der Waals surface area (Å²) in [6.45, 7) is 3.65. The number of rotatable bonds is 2. The standard InChI is InChI=1S/C20H16F3N/c1-13-10-16(20(21,22)23)8-9-17(13)19-11-14(2)18(12-24-19)15-6-4-3-5-7-15/h3-12H,1-2H3. The van der Waals surface area contributed by atoms with Crippen LogP contribution in [0.15, 0.2) is 60.8 Å². The Bertz CT molecular complexity index is 868. The molecular weight excluding hydrogens is 311 g/mol. The second kappa shape index (κ2) is 6.11. The van der Waals surface area contributed by atoms with Crippen molar-refractivity contribution in [2.45, 2.75) is 20.0 Å². The number of halogens is 3. The molecule has 3 aromatic rings. The van der Waals surface area contributed by atoms with Gasteiger partial charge in [-0.1, -0.05) is 36.4 Å². The lowest BCUT2D eigenvalue weighted by atomic mass is 9.98. The molecule has 0 N–H and O–H groups in total. The van der Waals surface area contributed by atoms with Crippen molar-refractivity contribution in [1.82, 2.24) is 4.98 Å². The molecule has 1 aromatic heterocycles. The number of nitrogens with zero attached hydrogens (tertiary/aromatic N) is 1. The fourth-order valence-corrected chi connectivity index (χ4v) is 2.75. The van der Waals surface area contributed by atoms with E-state index in [9.17, 15) is 13.2 Å². The highest BCUT2D eigenvalue weighted by Crippen LogP contribution is 2.33. The van der Waals surface area contributed by atoms with Gasteiger partial charge in [-0.3, -0.25) is 4.98 Å². The molecule has 4 heteroatoms. The summed E-state index contributed by atoms with van der Waals surface area (Å²) >= 11 is 0. The maximum absolute atomic E-state index is 12.8. The highest BCUT2D eigenvalue weighted by molar-refractivity contribution is 5.71. The van der Waals surface area contributed by atoms with Crippen molar-refractivity contribution in [3.05, 3.63) is 77.5 Å². The van der Waals surface area contributed by atoms with Crippen LogP contribution in [-0.2, 0) is 6.18 Å². The third-order valence-electron chi connectivity index (χ3n) is 4.03. The molecule has 2 aromatic carbocycles. The molecule has 3 rings (SSSR count). The summed E-state index contributed by atoms with van der Waals surface area (Å²) in [5.74, 6) is 0. The number of benzene rings is 2. The van der Waals surface area contributed by atoms with Crippen LogP contribution in [0.5, 0.6) is 0 Å². The molecule has 0 fully saturated rings. The second-order valence-electron chi connectivity index (χ2n) is 5.78. The van der Waals surface area contributed by atoms with Gasteiger partial charge in [0, 0.05) is 17.3 Å². The Hall–Kier alpha value is -2.62. The van der Waals surface area contributed by atoms with E-state index in [4.69, 9.17) is 0 Å². The first-order valence-electron chi connectivity index (χ1n) is 7.56. The lowest BCUT2D eigenvalue weighted by Crippen LogP contribution is -2.05. The molecule has 0 unspecified atom stereocenters. The Balaban J connectivity index is 2.01. The van der Waals surface area contributed by atoms with Crippen molar-refractivity contribution in [3.8, 4) is 22.4 Å². The average Bonchev–Trinajstić information content (AvgIpc) is 2.54. The van der Waals surface area contributed by atoms with Crippen LogP contribution in [0.2, 0.25) is 0 Å². The molecule has 0 saturated carbocycles. The van der Waals surface area contributed by atoms with Crippen LogP contribution in [0, 0.1) is 13.8 Å². The Kier molecular flexibility index (Phi) is 4.14. The zero-order chi connectivity index (χ0) is 17.3. The third kappa shape index (κ3) is 3.18. The Morgan fingerprint density at radius 2 is 1.46 bits per heavy atom. The van der Waals surface area contributed by atoms with E-state index in [1.54, 1.807) is 13.1 Å². The summed E-state index contributed by atoms with van der Waals surface area (Å²) in [4.78, 5) is 4.46. The predicted molar refractivity (Wildman–Crippen MR) is 89.6 cm³/mol. The normalized spacial score (nSPS) is 11.5. The molecular formula is C20H16F3N. The van der Waals surface area contributed by atoms with Gasteiger partial charge in [-0.15, -0.1) is 0 Å². The van der Waals surface area contributed by atoms with Gasteiger partial charge in [0.05, 0.1) is 11.3 Å². The van der Waals surface area contributed by atoms with Gasteiger partial charge >= 0.3 is 6.18 Å². The van der Waals surface area contributed by atoms with Crippen LogP contribution in [-0.4, -0.2) is 4.98 Å². The summed E-state index contributed by atoms with van der Waals surface area (Å²) in [7, 11) is 0. The van der Waals surface area contributed by atoms with Gasteiger partial charge in [0.1, 0.15) is 0 Å². The summed E-state index contributed by atoms with van der Waals surface area (Å²) in [6.07, 6.45) is -2.55. The Labute approximate surface area is 138 Å². The smallest absolute Gasteiger partial charge is 0.256 e. The van der Waals surface area contributed by atoms with Crippen molar-refractivity contribution < 1.29 is 13.2 Å². The van der Waals surface area contributed by atoms with E-state index in [0.29, 0.717) is 16.8 Å². The van der Waals surface area contributed by atoms with E-state index in [1.807, 2.05) is 43.3 Å². The zero-order valence-electron chi connectivity index (χ0n) is 13.4. The maximum atomic E-state index is 12.8. The SMILES string of the molecule is Cc1cc(-c2ccc(C(F)(F)F)cc2C)ncc1-c1ccccc1. The molecule has 0 saturated heterocycles. The van der Waals surface area contributed by atoms with E-state index in [1.165, 1.54) is 6.07 Å². The molecule has 0 spiro atoms. The quantitative estimate of drug-likeness (QED) is 0.558. The van der Waals surface area contributed by atoms with Crippen LogP contribution in [0.3, 0.4) is 0 Å². The van der Waals surface area contributed by atoms with Crippen molar-refractivity contribution in [2.24, 2.45) is 0 Å². The van der Waals surface area contributed by atoms with E-state index < -0.39 is 11.7 Å². The van der Waals surface area contributed by atoms with Gasteiger partial charge in [0.25, 0.3) is 0 Å². The molecule has 0 radical (unpaired) electrons. The number of pyridine rings is 1. The van der Waals surface area contributed by atoms with Crippen molar-refractivity contribution >= 4 is 0 Å².